The third-order valence-electron chi connectivity index (χ3n) is 2.61. The van der Waals surface area contributed by atoms with Crippen LogP contribution in [0.2, 0.25) is 0 Å². The summed E-state index contributed by atoms with van der Waals surface area (Å²) >= 11 is 1.82. The molecule has 0 aromatic carbocycles. The molecule has 0 aliphatic heterocycles. The molecule has 0 saturated heterocycles. The Labute approximate surface area is 100 Å². The summed E-state index contributed by atoms with van der Waals surface area (Å²) in [5, 5.41) is 5.71. The van der Waals surface area contributed by atoms with Gasteiger partial charge in [0.15, 0.2) is 0 Å². The van der Waals surface area contributed by atoms with Crippen LogP contribution in [0.3, 0.4) is 0 Å². The molecule has 0 saturated carbocycles. The predicted molar refractivity (Wildman–Crippen MR) is 67.6 cm³/mol. The van der Waals surface area contributed by atoms with Gasteiger partial charge < -0.3 is 9.88 Å². The first-order valence-electron chi connectivity index (χ1n) is 5.62. The van der Waals surface area contributed by atoms with Crippen molar-refractivity contribution in [2.75, 3.05) is 6.54 Å². The minimum atomic E-state index is 0.489. The summed E-state index contributed by atoms with van der Waals surface area (Å²) in [6.45, 7) is 4.17. The van der Waals surface area contributed by atoms with Gasteiger partial charge in [-0.3, -0.25) is 0 Å². The molecule has 2 rings (SSSR count). The molecule has 0 bridgehead atoms. The van der Waals surface area contributed by atoms with Crippen molar-refractivity contribution in [3.63, 3.8) is 0 Å². The van der Waals surface area contributed by atoms with E-state index >= 15 is 0 Å². The lowest BCUT2D eigenvalue weighted by atomic mass is 10.2. The lowest BCUT2D eigenvalue weighted by Gasteiger charge is -2.15. The summed E-state index contributed by atoms with van der Waals surface area (Å²) in [7, 11) is 0. The number of hydrogen-bond donors (Lipinski definition) is 1. The summed E-state index contributed by atoms with van der Waals surface area (Å²) in [5.41, 5.74) is 0. The fraction of sp³-hybridized carbons (Fsp3) is 0.417. The molecule has 2 aromatic rings. The van der Waals surface area contributed by atoms with Crippen LogP contribution in [-0.4, -0.2) is 16.1 Å². The van der Waals surface area contributed by atoms with Gasteiger partial charge in [0.25, 0.3) is 0 Å². The second kappa shape index (κ2) is 5.82. The number of nitrogens with one attached hydrogen (secondary N) is 1. The zero-order valence-corrected chi connectivity index (χ0v) is 10.3. The molecule has 16 heavy (non-hydrogen) atoms. The van der Waals surface area contributed by atoms with Gasteiger partial charge in [0.1, 0.15) is 0 Å². The summed E-state index contributed by atoms with van der Waals surface area (Å²) in [6, 6.07) is 4.80. The Morgan fingerprint density at radius 3 is 3.12 bits per heavy atom. The number of imidazole rings is 1. The molecule has 3 nitrogen and oxygen atoms in total. The lowest BCUT2D eigenvalue weighted by molar-refractivity contribution is 0.498. The SMILES string of the molecule is CCC(NCCn1ccnc1)c1cccs1. The van der Waals surface area contributed by atoms with Gasteiger partial charge in [-0.05, 0) is 17.9 Å². The van der Waals surface area contributed by atoms with Gasteiger partial charge in [0.2, 0.25) is 0 Å². The average Bonchev–Trinajstić information content (AvgIpc) is 2.96. The summed E-state index contributed by atoms with van der Waals surface area (Å²) in [4.78, 5) is 5.45. The predicted octanol–water partition coefficient (Wildman–Crippen LogP) is 2.69. The van der Waals surface area contributed by atoms with Crippen LogP contribution < -0.4 is 5.32 Å². The molecule has 0 radical (unpaired) electrons. The molecular weight excluding hydrogens is 218 g/mol. The van der Waals surface area contributed by atoms with Crippen molar-refractivity contribution >= 4 is 11.3 Å². The van der Waals surface area contributed by atoms with Gasteiger partial charge in [0.05, 0.1) is 6.33 Å². The van der Waals surface area contributed by atoms with E-state index in [-0.39, 0.29) is 0 Å². The van der Waals surface area contributed by atoms with Crippen molar-refractivity contribution in [2.45, 2.75) is 25.9 Å². The number of rotatable bonds is 6. The van der Waals surface area contributed by atoms with Crippen LogP contribution in [-0.2, 0) is 6.54 Å². The van der Waals surface area contributed by atoms with Gasteiger partial charge in [-0.2, -0.15) is 0 Å². The molecule has 4 heteroatoms. The molecule has 1 unspecified atom stereocenters. The highest BCUT2D eigenvalue weighted by Crippen LogP contribution is 2.21. The number of hydrogen-bond acceptors (Lipinski definition) is 3. The van der Waals surface area contributed by atoms with E-state index in [9.17, 15) is 0 Å². The Bertz CT molecular complexity index is 380. The van der Waals surface area contributed by atoms with Gasteiger partial charge in [-0.15, -0.1) is 11.3 Å². The second-order valence-corrected chi connectivity index (χ2v) is 4.71. The molecule has 0 amide bonds. The Morgan fingerprint density at radius 2 is 2.50 bits per heavy atom. The average molecular weight is 235 g/mol. The molecule has 0 spiro atoms. The van der Waals surface area contributed by atoms with Crippen LogP contribution in [0.25, 0.3) is 0 Å². The van der Waals surface area contributed by atoms with Crippen molar-refractivity contribution in [3.05, 3.63) is 41.1 Å². The fourth-order valence-electron chi connectivity index (χ4n) is 1.72. The molecule has 0 aliphatic rings. The molecule has 0 fully saturated rings. The van der Waals surface area contributed by atoms with Gasteiger partial charge >= 0.3 is 0 Å². The third kappa shape index (κ3) is 2.93. The standard InChI is InChI=1S/C12H17N3S/c1-2-11(12-4-3-9-16-12)14-6-8-15-7-5-13-10-15/h3-5,7,9-11,14H,2,6,8H2,1H3. The number of nitrogens with zero attached hydrogens (tertiary/aromatic N) is 2. The van der Waals surface area contributed by atoms with Crippen LogP contribution in [0.15, 0.2) is 36.2 Å². The third-order valence-corrected chi connectivity index (χ3v) is 3.60. The number of thiophene rings is 1. The Morgan fingerprint density at radius 1 is 1.56 bits per heavy atom. The van der Waals surface area contributed by atoms with Crippen molar-refractivity contribution in [3.8, 4) is 0 Å². The van der Waals surface area contributed by atoms with E-state index < -0.39 is 0 Å². The topological polar surface area (TPSA) is 29.9 Å². The van der Waals surface area contributed by atoms with E-state index in [1.807, 2.05) is 30.1 Å². The van der Waals surface area contributed by atoms with Crippen molar-refractivity contribution in [2.24, 2.45) is 0 Å². The van der Waals surface area contributed by atoms with Gasteiger partial charge in [-0.1, -0.05) is 13.0 Å². The molecule has 2 aromatic heterocycles. The van der Waals surface area contributed by atoms with Crippen molar-refractivity contribution in [1.29, 1.82) is 0 Å². The Balaban J connectivity index is 1.80. The summed E-state index contributed by atoms with van der Waals surface area (Å²) < 4.78 is 2.09. The molecule has 1 atom stereocenters. The fourth-order valence-corrected chi connectivity index (χ4v) is 2.61. The molecule has 2 heterocycles. The summed E-state index contributed by atoms with van der Waals surface area (Å²) in [6.07, 6.45) is 6.79. The normalized spacial score (nSPS) is 12.8. The first-order valence-corrected chi connectivity index (χ1v) is 6.50. The van der Waals surface area contributed by atoms with Crippen LogP contribution >= 0.6 is 11.3 Å². The van der Waals surface area contributed by atoms with E-state index in [2.05, 4.69) is 39.3 Å². The van der Waals surface area contributed by atoms with Crippen LogP contribution in [0.1, 0.15) is 24.3 Å². The van der Waals surface area contributed by atoms with Crippen LogP contribution in [0.5, 0.6) is 0 Å². The van der Waals surface area contributed by atoms with E-state index in [1.165, 1.54) is 4.88 Å². The van der Waals surface area contributed by atoms with Gasteiger partial charge in [0, 0.05) is 36.4 Å². The van der Waals surface area contributed by atoms with E-state index in [4.69, 9.17) is 0 Å². The molecule has 1 N–H and O–H groups in total. The largest absolute Gasteiger partial charge is 0.336 e. The first-order chi connectivity index (χ1) is 7.90. The van der Waals surface area contributed by atoms with Crippen molar-refractivity contribution in [1.82, 2.24) is 14.9 Å². The maximum atomic E-state index is 4.03. The zero-order chi connectivity index (χ0) is 11.2. The zero-order valence-electron chi connectivity index (χ0n) is 9.47. The number of aromatic nitrogens is 2. The maximum absolute atomic E-state index is 4.03. The highest BCUT2D eigenvalue weighted by Gasteiger charge is 2.08. The molecule has 86 valence electrons. The Hall–Kier alpha value is -1.13. The highest BCUT2D eigenvalue weighted by atomic mass is 32.1. The smallest absolute Gasteiger partial charge is 0.0946 e. The monoisotopic (exact) mass is 235 g/mol. The van der Waals surface area contributed by atoms with Crippen LogP contribution in [0, 0.1) is 0 Å². The van der Waals surface area contributed by atoms with Crippen LogP contribution in [0.4, 0.5) is 0 Å². The highest BCUT2D eigenvalue weighted by molar-refractivity contribution is 7.10. The Kier molecular flexibility index (Phi) is 4.13. The first kappa shape index (κ1) is 11.4. The molecular formula is C12H17N3S. The van der Waals surface area contributed by atoms with E-state index in [1.54, 1.807) is 0 Å². The minimum Gasteiger partial charge on any atom is -0.336 e. The maximum Gasteiger partial charge on any atom is 0.0946 e. The minimum absolute atomic E-state index is 0.489. The van der Waals surface area contributed by atoms with E-state index in [0.29, 0.717) is 6.04 Å². The van der Waals surface area contributed by atoms with E-state index in [0.717, 1.165) is 19.5 Å². The second-order valence-electron chi connectivity index (χ2n) is 3.73. The van der Waals surface area contributed by atoms with Crippen molar-refractivity contribution < 1.29 is 0 Å². The quantitative estimate of drug-likeness (QED) is 0.834. The summed E-state index contributed by atoms with van der Waals surface area (Å²) in [5.74, 6) is 0. The molecule has 0 aliphatic carbocycles. The lowest BCUT2D eigenvalue weighted by Crippen LogP contribution is -2.24. The van der Waals surface area contributed by atoms with Gasteiger partial charge in [-0.25, -0.2) is 4.98 Å².